The number of nitrogens with zero attached hydrogens (tertiary/aromatic N) is 2. The normalized spacial score (nSPS) is 11.2. The smallest absolute Gasteiger partial charge is 0.156 e. The van der Waals surface area contributed by atoms with Crippen LogP contribution in [0.2, 0.25) is 5.02 Å². The number of hydrogen-bond acceptors (Lipinski definition) is 2. The molecule has 0 saturated carbocycles. The fraction of sp³-hybridized carbons (Fsp3) is 0.188. The standard InChI is InChI=1S/C16H15ClN2O/c1-11-4-6-12(7-5-11)9-14-15(10-20)19-8-2-3-13(17)16(19)18-14/h2-8,20H,9-10H2,1H3. The molecule has 0 fully saturated rings. The first-order chi connectivity index (χ1) is 9.69. The first-order valence-corrected chi connectivity index (χ1v) is 6.87. The van der Waals surface area contributed by atoms with E-state index in [4.69, 9.17) is 11.6 Å². The predicted molar refractivity (Wildman–Crippen MR) is 80.1 cm³/mol. The van der Waals surface area contributed by atoms with Gasteiger partial charge in [0.25, 0.3) is 0 Å². The summed E-state index contributed by atoms with van der Waals surface area (Å²) in [5.41, 5.74) is 4.76. The highest BCUT2D eigenvalue weighted by Crippen LogP contribution is 2.22. The fourth-order valence-corrected chi connectivity index (χ4v) is 2.54. The molecule has 4 heteroatoms. The maximum absolute atomic E-state index is 9.61. The number of pyridine rings is 1. The van der Waals surface area contributed by atoms with Gasteiger partial charge in [0.15, 0.2) is 5.65 Å². The van der Waals surface area contributed by atoms with E-state index < -0.39 is 0 Å². The van der Waals surface area contributed by atoms with Crippen LogP contribution in [0.25, 0.3) is 5.65 Å². The molecule has 0 radical (unpaired) electrons. The third-order valence-corrected chi connectivity index (χ3v) is 3.72. The molecule has 20 heavy (non-hydrogen) atoms. The lowest BCUT2D eigenvalue weighted by atomic mass is 10.1. The van der Waals surface area contributed by atoms with Gasteiger partial charge in [0.05, 0.1) is 23.0 Å². The molecule has 0 atom stereocenters. The molecule has 102 valence electrons. The van der Waals surface area contributed by atoms with Gasteiger partial charge in [0.2, 0.25) is 0 Å². The second-order valence-electron chi connectivity index (χ2n) is 4.88. The number of aromatic nitrogens is 2. The van der Waals surface area contributed by atoms with E-state index in [1.165, 1.54) is 11.1 Å². The van der Waals surface area contributed by atoms with Crippen molar-refractivity contribution >= 4 is 17.2 Å². The Kier molecular flexibility index (Phi) is 3.47. The van der Waals surface area contributed by atoms with E-state index in [-0.39, 0.29) is 6.61 Å². The van der Waals surface area contributed by atoms with Crippen LogP contribution in [0.5, 0.6) is 0 Å². The molecule has 3 aromatic rings. The molecule has 1 N–H and O–H groups in total. The van der Waals surface area contributed by atoms with Crippen molar-refractivity contribution in [2.75, 3.05) is 0 Å². The van der Waals surface area contributed by atoms with Crippen LogP contribution in [0, 0.1) is 6.92 Å². The third-order valence-electron chi connectivity index (χ3n) is 3.43. The van der Waals surface area contributed by atoms with Crippen LogP contribution in [0.15, 0.2) is 42.6 Å². The number of halogens is 1. The molecule has 1 aromatic carbocycles. The first kappa shape index (κ1) is 13.2. The van der Waals surface area contributed by atoms with E-state index in [9.17, 15) is 5.11 Å². The van der Waals surface area contributed by atoms with Gasteiger partial charge in [-0.2, -0.15) is 0 Å². The van der Waals surface area contributed by atoms with Crippen molar-refractivity contribution in [1.82, 2.24) is 9.38 Å². The molecule has 0 bridgehead atoms. The zero-order valence-electron chi connectivity index (χ0n) is 11.2. The van der Waals surface area contributed by atoms with Crippen molar-refractivity contribution < 1.29 is 5.11 Å². The minimum atomic E-state index is -0.0529. The molecule has 2 heterocycles. The molecule has 3 nitrogen and oxygen atoms in total. The average molecular weight is 287 g/mol. The summed E-state index contributed by atoms with van der Waals surface area (Å²) >= 11 is 6.16. The number of benzene rings is 1. The van der Waals surface area contributed by atoms with Gasteiger partial charge in [0.1, 0.15) is 0 Å². The Bertz CT molecular complexity index is 747. The highest BCUT2D eigenvalue weighted by atomic mass is 35.5. The number of aliphatic hydroxyl groups is 1. The van der Waals surface area contributed by atoms with Crippen LogP contribution < -0.4 is 0 Å². The number of aryl methyl sites for hydroxylation is 1. The quantitative estimate of drug-likeness (QED) is 0.801. The number of imidazole rings is 1. The lowest BCUT2D eigenvalue weighted by molar-refractivity contribution is 0.274. The van der Waals surface area contributed by atoms with Gasteiger partial charge in [-0.15, -0.1) is 0 Å². The molecule has 2 aromatic heterocycles. The minimum absolute atomic E-state index is 0.0529. The molecule has 0 aliphatic rings. The van der Waals surface area contributed by atoms with Gasteiger partial charge in [-0.05, 0) is 24.6 Å². The summed E-state index contributed by atoms with van der Waals surface area (Å²) in [5, 5.41) is 10.2. The molecule has 0 aliphatic carbocycles. The Hall–Kier alpha value is -1.84. The first-order valence-electron chi connectivity index (χ1n) is 6.50. The van der Waals surface area contributed by atoms with Gasteiger partial charge in [-0.3, -0.25) is 0 Å². The van der Waals surface area contributed by atoms with Crippen LogP contribution in [-0.2, 0) is 13.0 Å². The average Bonchev–Trinajstić information content (AvgIpc) is 2.80. The topological polar surface area (TPSA) is 37.5 Å². The van der Waals surface area contributed by atoms with Gasteiger partial charge in [-0.25, -0.2) is 4.98 Å². The van der Waals surface area contributed by atoms with Crippen molar-refractivity contribution in [2.45, 2.75) is 20.0 Å². The minimum Gasteiger partial charge on any atom is -0.390 e. The Morgan fingerprint density at radius 1 is 1.20 bits per heavy atom. The van der Waals surface area contributed by atoms with Crippen LogP contribution in [0.1, 0.15) is 22.5 Å². The van der Waals surface area contributed by atoms with Gasteiger partial charge < -0.3 is 9.51 Å². The maximum Gasteiger partial charge on any atom is 0.156 e. The molecular weight excluding hydrogens is 272 g/mol. The van der Waals surface area contributed by atoms with Crippen molar-refractivity contribution in [1.29, 1.82) is 0 Å². The Morgan fingerprint density at radius 2 is 1.95 bits per heavy atom. The number of hydrogen-bond donors (Lipinski definition) is 1. The molecule has 0 amide bonds. The van der Waals surface area contributed by atoms with Crippen molar-refractivity contribution in [3.8, 4) is 0 Å². The van der Waals surface area contributed by atoms with E-state index >= 15 is 0 Å². The molecule has 0 spiro atoms. The summed E-state index contributed by atoms with van der Waals surface area (Å²) in [5.74, 6) is 0. The van der Waals surface area contributed by atoms with E-state index in [2.05, 4.69) is 36.2 Å². The van der Waals surface area contributed by atoms with Gasteiger partial charge >= 0.3 is 0 Å². The zero-order valence-corrected chi connectivity index (χ0v) is 11.9. The zero-order chi connectivity index (χ0) is 14.1. The number of aliphatic hydroxyl groups excluding tert-OH is 1. The van der Waals surface area contributed by atoms with E-state index in [1.54, 1.807) is 6.07 Å². The maximum atomic E-state index is 9.61. The Labute approximate surface area is 122 Å². The van der Waals surface area contributed by atoms with Crippen molar-refractivity contribution in [3.63, 3.8) is 0 Å². The highest BCUT2D eigenvalue weighted by molar-refractivity contribution is 6.33. The molecular formula is C16H15ClN2O. The summed E-state index contributed by atoms with van der Waals surface area (Å²) in [4.78, 5) is 4.57. The van der Waals surface area contributed by atoms with Crippen LogP contribution in [0.3, 0.4) is 0 Å². The number of rotatable bonds is 3. The summed E-state index contributed by atoms with van der Waals surface area (Å²) < 4.78 is 1.85. The molecule has 0 aliphatic heterocycles. The number of fused-ring (bicyclic) bond motifs is 1. The van der Waals surface area contributed by atoms with Crippen LogP contribution >= 0.6 is 11.6 Å². The summed E-state index contributed by atoms with van der Waals surface area (Å²) in [7, 11) is 0. The largest absolute Gasteiger partial charge is 0.390 e. The van der Waals surface area contributed by atoms with Crippen molar-refractivity contribution in [3.05, 3.63) is 70.1 Å². The Balaban J connectivity index is 2.07. The van der Waals surface area contributed by atoms with Crippen LogP contribution in [-0.4, -0.2) is 14.5 Å². The third kappa shape index (κ3) is 2.30. The molecule has 0 unspecified atom stereocenters. The molecule has 0 saturated heterocycles. The lowest BCUT2D eigenvalue weighted by Gasteiger charge is -2.03. The lowest BCUT2D eigenvalue weighted by Crippen LogP contribution is -1.97. The van der Waals surface area contributed by atoms with Gasteiger partial charge in [-0.1, -0.05) is 41.4 Å². The SMILES string of the molecule is Cc1ccc(Cc2nc3c(Cl)cccn3c2CO)cc1. The highest BCUT2D eigenvalue weighted by Gasteiger charge is 2.13. The van der Waals surface area contributed by atoms with E-state index in [0.29, 0.717) is 17.1 Å². The monoisotopic (exact) mass is 286 g/mol. The summed E-state index contributed by atoms with van der Waals surface area (Å²) in [6, 6.07) is 12.0. The summed E-state index contributed by atoms with van der Waals surface area (Å²) in [6.45, 7) is 2.01. The fourth-order valence-electron chi connectivity index (χ4n) is 2.34. The second-order valence-corrected chi connectivity index (χ2v) is 5.28. The Morgan fingerprint density at radius 3 is 2.65 bits per heavy atom. The predicted octanol–water partition coefficient (Wildman–Crippen LogP) is 3.38. The second kappa shape index (κ2) is 5.27. The van der Waals surface area contributed by atoms with Crippen molar-refractivity contribution in [2.24, 2.45) is 0 Å². The van der Waals surface area contributed by atoms with E-state index in [0.717, 1.165) is 11.4 Å². The summed E-state index contributed by atoms with van der Waals surface area (Å²) in [6.07, 6.45) is 2.56. The van der Waals surface area contributed by atoms with E-state index in [1.807, 2.05) is 16.7 Å². The van der Waals surface area contributed by atoms with Crippen LogP contribution in [0.4, 0.5) is 0 Å². The molecule has 3 rings (SSSR count). The van der Waals surface area contributed by atoms with Gasteiger partial charge in [0, 0.05) is 12.6 Å².